The van der Waals surface area contributed by atoms with Crippen molar-refractivity contribution in [2.75, 3.05) is 0 Å². The zero-order valence-corrected chi connectivity index (χ0v) is 7.34. The van der Waals surface area contributed by atoms with Gasteiger partial charge in [0.05, 0.1) is 6.07 Å². The van der Waals surface area contributed by atoms with E-state index in [4.69, 9.17) is 9.68 Å². The van der Waals surface area contributed by atoms with Gasteiger partial charge in [-0.05, 0) is 18.6 Å². The molecule has 0 amide bonds. The lowest BCUT2D eigenvalue weighted by molar-refractivity contribution is 0.463. The lowest BCUT2D eigenvalue weighted by Crippen LogP contribution is -1.79. The van der Waals surface area contributed by atoms with E-state index in [1.807, 2.05) is 12.1 Å². The van der Waals surface area contributed by atoms with Crippen LogP contribution in [-0.2, 0) is 12.8 Å². The number of aryl methyl sites for hydroxylation is 2. The third-order valence-electron chi connectivity index (χ3n) is 1.70. The van der Waals surface area contributed by atoms with E-state index in [0.717, 1.165) is 30.8 Å². The van der Waals surface area contributed by atoms with Gasteiger partial charge in [0, 0.05) is 19.3 Å². The van der Waals surface area contributed by atoms with Crippen molar-refractivity contribution in [2.24, 2.45) is 0 Å². The maximum Gasteiger partial charge on any atom is 0.105 e. The summed E-state index contributed by atoms with van der Waals surface area (Å²) in [5, 5.41) is 8.35. The second kappa shape index (κ2) is 4.61. The Kier molecular flexibility index (Phi) is 3.40. The molecule has 0 bridgehead atoms. The Bertz CT molecular complexity index is 270. The number of hydrogen-bond acceptors (Lipinski definition) is 2. The van der Waals surface area contributed by atoms with E-state index in [1.54, 1.807) is 0 Å². The molecule has 1 rings (SSSR count). The van der Waals surface area contributed by atoms with Gasteiger partial charge in [0.25, 0.3) is 0 Å². The molecule has 2 nitrogen and oxygen atoms in total. The quantitative estimate of drug-likeness (QED) is 0.684. The molecule has 0 N–H and O–H groups in total. The van der Waals surface area contributed by atoms with Crippen LogP contribution in [0.2, 0.25) is 0 Å². The molecular formula is C10H13NO. The summed E-state index contributed by atoms with van der Waals surface area (Å²) in [4.78, 5) is 0. The highest BCUT2D eigenvalue weighted by atomic mass is 16.3. The number of nitriles is 1. The second-order valence-corrected chi connectivity index (χ2v) is 2.78. The van der Waals surface area contributed by atoms with Gasteiger partial charge >= 0.3 is 0 Å². The van der Waals surface area contributed by atoms with Crippen molar-refractivity contribution in [3.05, 3.63) is 23.7 Å². The third-order valence-corrected chi connectivity index (χ3v) is 1.70. The Morgan fingerprint density at radius 2 is 2.00 bits per heavy atom. The molecule has 1 aromatic rings. The van der Waals surface area contributed by atoms with Gasteiger partial charge in [-0.1, -0.05) is 6.92 Å². The van der Waals surface area contributed by atoms with Crippen LogP contribution in [-0.4, -0.2) is 0 Å². The van der Waals surface area contributed by atoms with E-state index in [0.29, 0.717) is 6.42 Å². The van der Waals surface area contributed by atoms with Crippen LogP contribution in [0.3, 0.4) is 0 Å². The van der Waals surface area contributed by atoms with Crippen molar-refractivity contribution in [2.45, 2.75) is 32.6 Å². The molecule has 0 aliphatic carbocycles. The van der Waals surface area contributed by atoms with E-state index in [-0.39, 0.29) is 0 Å². The Labute approximate surface area is 72.8 Å². The maximum absolute atomic E-state index is 8.35. The first-order valence-corrected chi connectivity index (χ1v) is 4.31. The Morgan fingerprint density at radius 1 is 1.33 bits per heavy atom. The van der Waals surface area contributed by atoms with Gasteiger partial charge in [0.1, 0.15) is 11.5 Å². The predicted octanol–water partition coefficient (Wildman–Crippen LogP) is 2.69. The van der Waals surface area contributed by atoms with Crippen LogP contribution in [0.5, 0.6) is 0 Å². The van der Waals surface area contributed by atoms with Crippen LogP contribution >= 0.6 is 0 Å². The molecule has 0 atom stereocenters. The molecule has 0 saturated carbocycles. The molecule has 0 spiro atoms. The minimum absolute atomic E-state index is 0.541. The van der Waals surface area contributed by atoms with Crippen LogP contribution in [0.4, 0.5) is 0 Å². The summed E-state index contributed by atoms with van der Waals surface area (Å²) < 4.78 is 5.48. The largest absolute Gasteiger partial charge is 0.466 e. The summed E-state index contributed by atoms with van der Waals surface area (Å²) in [5.74, 6) is 1.96. The summed E-state index contributed by atoms with van der Waals surface area (Å²) >= 11 is 0. The SMILES string of the molecule is CCCc1ccc(CCC#N)o1. The summed E-state index contributed by atoms with van der Waals surface area (Å²) in [6.07, 6.45) is 3.37. The third kappa shape index (κ3) is 2.43. The van der Waals surface area contributed by atoms with Gasteiger partial charge in [0.2, 0.25) is 0 Å². The fraction of sp³-hybridized carbons (Fsp3) is 0.500. The number of furan rings is 1. The average Bonchev–Trinajstić information content (AvgIpc) is 2.50. The van der Waals surface area contributed by atoms with Gasteiger partial charge in [-0.25, -0.2) is 0 Å². The number of rotatable bonds is 4. The zero-order valence-electron chi connectivity index (χ0n) is 7.34. The minimum atomic E-state index is 0.541. The first-order valence-electron chi connectivity index (χ1n) is 4.31. The molecule has 0 unspecified atom stereocenters. The second-order valence-electron chi connectivity index (χ2n) is 2.78. The van der Waals surface area contributed by atoms with E-state index >= 15 is 0 Å². The molecular weight excluding hydrogens is 150 g/mol. The molecule has 1 aromatic heterocycles. The first-order chi connectivity index (χ1) is 5.86. The van der Waals surface area contributed by atoms with Gasteiger partial charge < -0.3 is 4.42 Å². The minimum Gasteiger partial charge on any atom is -0.466 e. The van der Waals surface area contributed by atoms with Crippen molar-refractivity contribution >= 4 is 0 Å². The van der Waals surface area contributed by atoms with Crippen LogP contribution in [0.25, 0.3) is 0 Å². The fourth-order valence-electron chi connectivity index (χ4n) is 1.12. The van der Waals surface area contributed by atoms with Crippen molar-refractivity contribution in [3.63, 3.8) is 0 Å². The number of nitrogens with zero attached hydrogens (tertiary/aromatic N) is 1. The molecule has 64 valence electrons. The smallest absolute Gasteiger partial charge is 0.105 e. The van der Waals surface area contributed by atoms with Crippen LogP contribution in [0.15, 0.2) is 16.5 Å². The average molecular weight is 163 g/mol. The summed E-state index contributed by atoms with van der Waals surface area (Å²) in [7, 11) is 0. The first kappa shape index (κ1) is 8.86. The summed E-state index contributed by atoms with van der Waals surface area (Å²) in [5.41, 5.74) is 0. The molecule has 0 aliphatic rings. The van der Waals surface area contributed by atoms with Crippen LogP contribution < -0.4 is 0 Å². The molecule has 0 aromatic carbocycles. The van der Waals surface area contributed by atoms with E-state index in [9.17, 15) is 0 Å². The zero-order chi connectivity index (χ0) is 8.81. The van der Waals surface area contributed by atoms with E-state index in [1.165, 1.54) is 0 Å². The Morgan fingerprint density at radius 3 is 2.58 bits per heavy atom. The van der Waals surface area contributed by atoms with E-state index < -0.39 is 0 Å². The Balaban J connectivity index is 2.47. The monoisotopic (exact) mass is 163 g/mol. The van der Waals surface area contributed by atoms with Gasteiger partial charge in [0.15, 0.2) is 0 Å². The molecule has 0 saturated heterocycles. The van der Waals surface area contributed by atoms with Crippen molar-refractivity contribution < 1.29 is 4.42 Å². The van der Waals surface area contributed by atoms with Gasteiger partial charge in [-0.15, -0.1) is 0 Å². The van der Waals surface area contributed by atoms with E-state index in [2.05, 4.69) is 13.0 Å². The maximum atomic E-state index is 8.35. The highest BCUT2D eigenvalue weighted by Gasteiger charge is 1.99. The standard InChI is InChI=1S/C10H13NO/c1-2-4-9-6-7-10(12-9)5-3-8-11/h6-7H,2-5H2,1H3. The number of hydrogen-bond donors (Lipinski definition) is 0. The molecule has 0 aliphatic heterocycles. The summed E-state index contributed by atoms with van der Waals surface area (Å²) in [6.45, 7) is 2.12. The lowest BCUT2D eigenvalue weighted by atomic mass is 10.2. The van der Waals surface area contributed by atoms with Crippen LogP contribution in [0.1, 0.15) is 31.3 Å². The molecule has 2 heteroatoms. The lowest BCUT2D eigenvalue weighted by Gasteiger charge is -1.91. The molecule has 0 fully saturated rings. The van der Waals surface area contributed by atoms with Crippen LogP contribution in [0, 0.1) is 11.3 Å². The van der Waals surface area contributed by atoms with Crippen molar-refractivity contribution in [1.29, 1.82) is 5.26 Å². The molecule has 1 heterocycles. The highest BCUT2D eigenvalue weighted by molar-refractivity contribution is 5.08. The molecule has 0 radical (unpaired) electrons. The fourth-order valence-corrected chi connectivity index (χ4v) is 1.12. The van der Waals surface area contributed by atoms with Gasteiger partial charge in [-0.3, -0.25) is 0 Å². The summed E-state index contributed by atoms with van der Waals surface area (Å²) in [6, 6.07) is 6.05. The normalized spacial score (nSPS) is 9.67. The Hall–Kier alpha value is -1.23. The highest BCUT2D eigenvalue weighted by Crippen LogP contribution is 2.11. The molecule has 12 heavy (non-hydrogen) atoms. The van der Waals surface area contributed by atoms with Crippen molar-refractivity contribution in [1.82, 2.24) is 0 Å². The van der Waals surface area contributed by atoms with Crippen molar-refractivity contribution in [3.8, 4) is 6.07 Å². The predicted molar refractivity (Wildman–Crippen MR) is 46.6 cm³/mol. The topological polar surface area (TPSA) is 36.9 Å². The van der Waals surface area contributed by atoms with Gasteiger partial charge in [-0.2, -0.15) is 5.26 Å².